The maximum Gasteiger partial charge on any atom is 0.256 e. The number of nitrogens with one attached hydrogen (secondary N) is 1. The van der Waals surface area contributed by atoms with Crippen LogP contribution in [-0.2, 0) is 4.79 Å². The topological polar surface area (TPSA) is 69.6 Å². The highest BCUT2D eigenvalue weighted by molar-refractivity contribution is 5.98. The minimum atomic E-state index is -1.27. The average molecular weight is 235 g/mol. The van der Waals surface area contributed by atoms with Crippen LogP contribution in [0.2, 0.25) is 0 Å². The van der Waals surface area contributed by atoms with E-state index in [-0.39, 0.29) is 5.75 Å². The van der Waals surface area contributed by atoms with Crippen LogP contribution in [0.3, 0.4) is 0 Å². The van der Waals surface area contributed by atoms with E-state index in [0.29, 0.717) is 24.1 Å². The van der Waals surface area contributed by atoms with Crippen LogP contribution in [-0.4, -0.2) is 21.7 Å². The van der Waals surface area contributed by atoms with Crippen LogP contribution in [0.5, 0.6) is 5.75 Å². The van der Waals surface area contributed by atoms with E-state index in [9.17, 15) is 15.0 Å². The SMILES string of the molecule is Cc1cccc(NC(=O)C2(O)CCCC2)c1O. The summed E-state index contributed by atoms with van der Waals surface area (Å²) in [6, 6.07) is 5.14. The summed E-state index contributed by atoms with van der Waals surface area (Å²) >= 11 is 0. The quantitative estimate of drug-likeness (QED) is 0.686. The number of rotatable bonds is 2. The molecule has 0 bridgehead atoms. The Morgan fingerprint density at radius 1 is 1.35 bits per heavy atom. The molecule has 1 aromatic carbocycles. The zero-order valence-electron chi connectivity index (χ0n) is 9.86. The number of phenolic OH excluding ortho intramolecular Hbond substituents is 1. The van der Waals surface area contributed by atoms with Crippen LogP contribution < -0.4 is 5.32 Å². The van der Waals surface area contributed by atoms with Gasteiger partial charge in [0, 0.05) is 0 Å². The van der Waals surface area contributed by atoms with E-state index >= 15 is 0 Å². The molecule has 1 aliphatic carbocycles. The molecule has 0 heterocycles. The molecule has 0 atom stereocenters. The van der Waals surface area contributed by atoms with Crippen LogP contribution >= 0.6 is 0 Å². The van der Waals surface area contributed by atoms with Gasteiger partial charge >= 0.3 is 0 Å². The second-order valence-electron chi connectivity index (χ2n) is 4.66. The van der Waals surface area contributed by atoms with Crippen molar-refractivity contribution in [2.75, 3.05) is 5.32 Å². The number of hydrogen-bond donors (Lipinski definition) is 3. The maximum atomic E-state index is 11.9. The minimum absolute atomic E-state index is 0.0578. The smallest absolute Gasteiger partial charge is 0.256 e. The fourth-order valence-electron chi connectivity index (χ4n) is 2.19. The molecule has 1 amide bonds. The van der Waals surface area contributed by atoms with Gasteiger partial charge in [-0.15, -0.1) is 0 Å². The fourth-order valence-corrected chi connectivity index (χ4v) is 2.19. The van der Waals surface area contributed by atoms with Crippen molar-refractivity contribution in [1.29, 1.82) is 0 Å². The molecule has 0 unspecified atom stereocenters. The van der Waals surface area contributed by atoms with E-state index in [2.05, 4.69) is 5.32 Å². The lowest BCUT2D eigenvalue weighted by atomic mass is 10.0. The van der Waals surface area contributed by atoms with Crippen LogP contribution in [0.1, 0.15) is 31.2 Å². The summed E-state index contributed by atoms with van der Waals surface area (Å²) in [6.45, 7) is 1.76. The molecule has 1 aliphatic rings. The van der Waals surface area contributed by atoms with Crippen molar-refractivity contribution >= 4 is 11.6 Å². The predicted octanol–water partition coefficient (Wildman–Crippen LogP) is 1.94. The Morgan fingerprint density at radius 2 is 2.00 bits per heavy atom. The molecule has 17 heavy (non-hydrogen) atoms. The first kappa shape index (κ1) is 11.9. The molecular weight excluding hydrogens is 218 g/mol. The molecule has 4 heteroatoms. The van der Waals surface area contributed by atoms with Crippen molar-refractivity contribution in [3.05, 3.63) is 23.8 Å². The van der Waals surface area contributed by atoms with Gasteiger partial charge in [0.2, 0.25) is 0 Å². The first-order valence-electron chi connectivity index (χ1n) is 5.85. The number of anilines is 1. The Labute approximate surface area is 100 Å². The Hall–Kier alpha value is -1.55. The van der Waals surface area contributed by atoms with Crippen LogP contribution in [0, 0.1) is 6.92 Å². The molecule has 0 radical (unpaired) electrons. The summed E-state index contributed by atoms with van der Waals surface area (Å²) in [7, 11) is 0. The summed E-state index contributed by atoms with van der Waals surface area (Å²) in [4.78, 5) is 11.9. The van der Waals surface area contributed by atoms with Gasteiger partial charge in [0.15, 0.2) is 0 Å². The third-order valence-electron chi connectivity index (χ3n) is 3.34. The van der Waals surface area contributed by atoms with Gasteiger partial charge in [0.1, 0.15) is 11.4 Å². The van der Waals surface area contributed by atoms with Gasteiger partial charge in [-0.2, -0.15) is 0 Å². The summed E-state index contributed by atoms with van der Waals surface area (Å²) in [5, 5.41) is 22.5. The molecule has 0 aromatic heterocycles. The lowest BCUT2D eigenvalue weighted by molar-refractivity contribution is -0.133. The second kappa shape index (κ2) is 4.37. The van der Waals surface area contributed by atoms with E-state index in [1.165, 1.54) is 0 Å². The van der Waals surface area contributed by atoms with Crippen molar-refractivity contribution in [2.24, 2.45) is 0 Å². The van der Waals surface area contributed by atoms with Crippen molar-refractivity contribution in [3.63, 3.8) is 0 Å². The van der Waals surface area contributed by atoms with Crippen LogP contribution in [0.4, 0.5) is 5.69 Å². The first-order valence-corrected chi connectivity index (χ1v) is 5.85. The number of aryl methyl sites for hydroxylation is 1. The summed E-state index contributed by atoms with van der Waals surface area (Å²) < 4.78 is 0. The van der Waals surface area contributed by atoms with E-state index in [4.69, 9.17) is 0 Å². The fraction of sp³-hybridized carbons (Fsp3) is 0.462. The number of carbonyl (C=O) groups is 1. The van der Waals surface area contributed by atoms with Crippen LogP contribution in [0.25, 0.3) is 0 Å². The molecule has 1 saturated carbocycles. The van der Waals surface area contributed by atoms with Crippen molar-refractivity contribution in [2.45, 2.75) is 38.2 Å². The van der Waals surface area contributed by atoms with Gasteiger partial charge in [0.05, 0.1) is 5.69 Å². The minimum Gasteiger partial charge on any atom is -0.505 e. The number of amides is 1. The summed E-state index contributed by atoms with van der Waals surface area (Å²) in [6.07, 6.45) is 2.71. The highest BCUT2D eigenvalue weighted by atomic mass is 16.3. The monoisotopic (exact) mass is 235 g/mol. The number of benzene rings is 1. The lowest BCUT2D eigenvalue weighted by Gasteiger charge is -2.21. The van der Waals surface area contributed by atoms with Crippen molar-refractivity contribution < 1.29 is 15.0 Å². The zero-order valence-corrected chi connectivity index (χ0v) is 9.86. The van der Waals surface area contributed by atoms with Crippen molar-refractivity contribution in [1.82, 2.24) is 0 Å². The number of hydrogen-bond acceptors (Lipinski definition) is 3. The molecular formula is C13H17NO3. The second-order valence-corrected chi connectivity index (χ2v) is 4.66. The number of phenols is 1. The van der Waals surface area contributed by atoms with Crippen molar-refractivity contribution in [3.8, 4) is 5.75 Å². The van der Waals surface area contributed by atoms with Gasteiger partial charge in [-0.1, -0.05) is 12.1 Å². The van der Waals surface area contributed by atoms with E-state index in [1.54, 1.807) is 25.1 Å². The van der Waals surface area contributed by atoms with Gasteiger partial charge in [-0.25, -0.2) is 0 Å². The number of aromatic hydroxyl groups is 1. The Morgan fingerprint density at radius 3 is 2.65 bits per heavy atom. The average Bonchev–Trinajstić information content (AvgIpc) is 2.73. The molecule has 2 rings (SSSR count). The Balaban J connectivity index is 2.16. The third-order valence-corrected chi connectivity index (χ3v) is 3.34. The number of carbonyl (C=O) groups excluding carboxylic acids is 1. The molecule has 0 aliphatic heterocycles. The van der Waals surface area contributed by atoms with Gasteiger partial charge < -0.3 is 15.5 Å². The maximum absolute atomic E-state index is 11.9. The largest absolute Gasteiger partial charge is 0.505 e. The van der Waals surface area contributed by atoms with E-state index < -0.39 is 11.5 Å². The van der Waals surface area contributed by atoms with E-state index in [0.717, 1.165) is 12.8 Å². The molecule has 0 spiro atoms. The molecule has 1 fully saturated rings. The standard InChI is InChI=1S/C13H17NO3/c1-9-5-4-6-10(11(9)15)14-12(16)13(17)7-2-3-8-13/h4-6,15,17H,2-3,7-8H2,1H3,(H,14,16). The highest BCUT2D eigenvalue weighted by Gasteiger charge is 2.39. The molecule has 1 aromatic rings. The summed E-state index contributed by atoms with van der Waals surface area (Å²) in [5.74, 6) is -0.363. The Kier molecular flexibility index (Phi) is 3.07. The molecule has 92 valence electrons. The predicted molar refractivity (Wildman–Crippen MR) is 64.9 cm³/mol. The molecule has 3 N–H and O–H groups in total. The Bertz CT molecular complexity index is 436. The highest BCUT2D eigenvalue weighted by Crippen LogP contribution is 2.32. The van der Waals surface area contributed by atoms with Gasteiger partial charge in [-0.05, 0) is 44.2 Å². The number of para-hydroxylation sites is 1. The van der Waals surface area contributed by atoms with Crippen LogP contribution in [0.15, 0.2) is 18.2 Å². The third kappa shape index (κ3) is 2.26. The number of aliphatic hydroxyl groups is 1. The molecule has 4 nitrogen and oxygen atoms in total. The van der Waals surface area contributed by atoms with Gasteiger partial charge in [-0.3, -0.25) is 4.79 Å². The summed E-state index contributed by atoms with van der Waals surface area (Å²) in [5.41, 5.74) is -0.215. The lowest BCUT2D eigenvalue weighted by Crippen LogP contribution is -2.40. The van der Waals surface area contributed by atoms with Gasteiger partial charge in [0.25, 0.3) is 5.91 Å². The normalized spacial score (nSPS) is 18.0. The first-order chi connectivity index (χ1) is 8.03. The zero-order chi connectivity index (χ0) is 12.5. The van der Waals surface area contributed by atoms with E-state index in [1.807, 2.05) is 0 Å². The molecule has 0 saturated heterocycles.